The summed E-state index contributed by atoms with van der Waals surface area (Å²) in [5.74, 6) is 0.407. The Morgan fingerprint density at radius 1 is 1.55 bits per heavy atom. The highest BCUT2D eigenvalue weighted by Gasteiger charge is 2.33. The molecule has 0 N–H and O–H groups in total. The molecule has 0 radical (unpaired) electrons. The summed E-state index contributed by atoms with van der Waals surface area (Å²) in [6.45, 7) is 4.89. The van der Waals surface area contributed by atoms with Gasteiger partial charge in [-0.3, -0.25) is 4.79 Å². The van der Waals surface area contributed by atoms with Gasteiger partial charge in [-0.2, -0.15) is 0 Å². The van der Waals surface area contributed by atoms with E-state index in [-0.39, 0.29) is 11.8 Å². The molecular weight excluding hydrogens is 258 g/mol. The topological polar surface area (TPSA) is 58.8 Å². The Morgan fingerprint density at radius 3 is 3.30 bits per heavy atom. The van der Waals surface area contributed by atoms with Gasteiger partial charge in [0.25, 0.3) is 0 Å². The Balaban J connectivity index is 1.55. The van der Waals surface area contributed by atoms with E-state index < -0.39 is 0 Å². The minimum Gasteiger partial charge on any atom is -0.383 e. The number of methoxy groups -OCH3 is 1. The fourth-order valence-corrected chi connectivity index (χ4v) is 3.04. The SMILES string of the molecule is COCCN1CCC(C(=O)N2CCc3nocc3C2)C1. The molecule has 20 heavy (non-hydrogen) atoms. The Hall–Kier alpha value is -1.40. The molecule has 0 saturated carbocycles. The zero-order valence-corrected chi connectivity index (χ0v) is 11.9. The first kappa shape index (κ1) is 13.6. The highest BCUT2D eigenvalue weighted by Crippen LogP contribution is 2.23. The molecule has 2 aliphatic heterocycles. The van der Waals surface area contributed by atoms with Crippen LogP contribution in [0.3, 0.4) is 0 Å². The lowest BCUT2D eigenvalue weighted by Crippen LogP contribution is -2.40. The molecule has 1 unspecified atom stereocenters. The van der Waals surface area contributed by atoms with E-state index in [9.17, 15) is 4.79 Å². The molecule has 1 atom stereocenters. The maximum atomic E-state index is 12.6. The van der Waals surface area contributed by atoms with Crippen molar-refractivity contribution in [2.45, 2.75) is 19.4 Å². The van der Waals surface area contributed by atoms with Gasteiger partial charge in [0.2, 0.25) is 5.91 Å². The van der Waals surface area contributed by atoms with Gasteiger partial charge in [0.1, 0.15) is 6.26 Å². The molecule has 2 aliphatic rings. The van der Waals surface area contributed by atoms with Crippen molar-refractivity contribution in [2.75, 3.05) is 39.9 Å². The monoisotopic (exact) mass is 279 g/mol. The maximum Gasteiger partial charge on any atom is 0.227 e. The van der Waals surface area contributed by atoms with E-state index in [4.69, 9.17) is 9.26 Å². The van der Waals surface area contributed by atoms with Crippen LogP contribution in [0, 0.1) is 5.92 Å². The molecule has 0 bridgehead atoms. The van der Waals surface area contributed by atoms with Crippen LogP contribution >= 0.6 is 0 Å². The normalized spacial score (nSPS) is 23.1. The first-order valence-electron chi connectivity index (χ1n) is 7.20. The summed E-state index contributed by atoms with van der Waals surface area (Å²) >= 11 is 0. The molecule has 0 aliphatic carbocycles. The van der Waals surface area contributed by atoms with E-state index >= 15 is 0 Å². The smallest absolute Gasteiger partial charge is 0.227 e. The molecule has 1 aromatic rings. The van der Waals surface area contributed by atoms with Crippen molar-refractivity contribution in [3.05, 3.63) is 17.5 Å². The Morgan fingerprint density at radius 2 is 2.45 bits per heavy atom. The van der Waals surface area contributed by atoms with Crippen LogP contribution in [0.1, 0.15) is 17.7 Å². The van der Waals surface area contributed by atoms with E-state index in [1.54, 1.807) is 13.4 Å². The van der Waals surface area contributed by atoms with E-state index in [1.807, 2.05) is 4.90 Å². The largest absolute Gasteiger partial charge is 0.383 e. The third-order valence-corrected chi connectivity index (χ3v) is 4.25. The number of hydrogen-bond acceptors (Lipinski definition) is 5. The minimum atomic E-state index is 0.133. The third kappa shape index (κ3) is 2.71. The molecule has 6 heteroatoms. The van der Waals surface area contributed by atoms with Crippen molar-refractivity contribution in [3.8, 4) is 0 Å². The first-order chi connectivity index (χ1) is 9.78. The van der Waals surface area contributed by atoms with Crippen LogP contribution in [0.4, 0.5) is 0 Å². The molecule has 1 amide bonds. The number of carbonyl (C=O) groups is 1. The van der Waals surface area contributed by atoms with Crippen molar-refractivity contribution >= 4 is 5.91 Å². The summed E-state index contributed by atoms with van der Waals surface area (Å²) in [6, 6.07) is 0. The fraction of sp³-hybridized carbons (Fsp3) is 0.714. The number of nitrogens with zero attached hydrogens (tertiary/aromatic N) is 3. The van der Waals surface area contributed by atoms with E-state index in [2.05, 4.69) is 10.1 Å². The van der Waals surface area contributed by atoms with Crippen LogP contribution in [0.2, 0.25) is 0 Å². The van der Waals surface area contributed by atoms with Crippen molar-refractivity contribution in [1.29, 1.82) is 0 Å². The van der Waals surface area contributed by atoms with Gasteiger partial charge in [-0.25, -0.2) is 0 Å². The molecule has 3 heterocycles. The van der Waals surface area contributed by atoms with Crippen molar-refractivity contribution < 1.29 is 14.1 Å². The second-order valence-electron chi connectivity index (χ2n) is 5.58. The minimum absolute atomic E-state index is 0.133. The van der Waals surface area contributed by atoms with Gasteiger partial charge < -0.3 is 19.1 Å². The van der Waals surface area contributed by atoms with Crippen LogP contribution in [0.5, 0.6) is 0 Å². The second-order valence-corrected chi connectivity index (χ2v) is 5.58. The number of likely N-dealkylation sites (tertiary alicyclic amines) is 1. The number of ether oxygens (including phenoxy) is 1. The molecule has 0 spiro atoms. The summed E-state index contributed by atoms with van der Waals surface area (Å²) < 4.78 is 10.1. The highest BCUT2D eigenvalue weighted by atomic mass is 16.5. The molecule has 1 fully saturated rings. The summed E-state index contributed by atoms with van der Waals surface area (Å²) in [7, 11) is 1.71. The molecule has 0 aromatic carbocycles. The van der Waals surface area contributed by atoms with Crippen molar-refractivity contribution in [1.82, 2.24) is 15.0 Å². The van der Waals surface area contributed by atoms with Crippen LogP contribution in [-0.2, 0) is 22.5 Å². The fourth-order valence-electron chi connectivity index (χ4n) is 3.04. The summed E-state index contributed by atoms with van der Waals surface area (Å²) in [6.07, 6.45) is 3.42. The Bertz CT molecular complexity index is 474. The Kier molecular flexibility index (Phi) is 4.03. The number of hydrogen-bond donors (Lipinski definition) is 0. The summed E-state index contributed by atoms with van der Waals surface area (Å²) in [4.78, 5) is 16.8. The summed E-state index contributed by atoms with van der Waals surface area (Å²) in [5.41, 5.74) is 2.06. The zero-order chi connectivity index (χ0) is 13.9. The molecule has 6 nitrogen and oxygen atoms in total. The second kappa shape index (κ2) is 5.93. The molecule has 110 valence electrons. The van der Waals surface area contributed by atoms with Gasteiger partial charge in [-0.15, -0.1) is 0 Å². The maximum absolute atomic E-state index is 12.6. The molecular formula is C14H21N3O3. The average molecular weight is 279 g/mol. The predicted octanol–water partition coefficient (Wildman–Crippen LogP) is 0.528. The number of amides is 1. The van der Waals surface area contributed by atoms with Gasteiger partial charge in [0.15, 0.2) is 0 Å². The predicted molar refractivity (Wildman–Crippen MR) is 72.0 cm³/mol. The molecule has 1 aromatic heterocycles. The van der Waals surface area contributed by atoms with E-state index in [0.29, 0.717) is 6.54 Å². The Labute approximate surface area is 118 Å². The number of rotatable bonds is 4. The van der Waals surface area contributed by atoms with Gasteiger partial charge in [-0.05, 0) is 13.0 Å². The van der Waals surface area contributed by atoms with Crippen LogP contribution in [0.15, 0.2) is 10.8 Å². The molecule has 1 saturated heterocycles. The lowest BCUT2D eigenvalue weighted by molar-refractivity contribution is -0.136. The van der Waals surface area contributed by atoms with Crippen molar-refractivity contribution in [3.63, 3.8) is 0 Å². The number of carbonyl (C=O) groups excluding carboxylic acids is 1. The lowest BCUT2D eigenvalue weighted by Gasteiger charge is -2.28. The van der Waals surface area contributed by atoms with Crippen LogP contribution in [-0.4, -0.2) is 60.8 Å². The third-order valence-electron chi connectivity index (χ3n) is 4.25. The zero-order valence-electron chi connectivity index (χ0n) is 11.9. The van der Waals surface area contributed by atoms with E-state index in [1.165, 1.54) is 0 Å². The standard InChI is InChI=1S/C14H21N3O3/c1-19-7-6-16-4-2-11(8-16)14(18)17-5-3-13-12(9-17)10-20-15-13/h10-11H,2-9H2,1H3. The first-order valence-corrected chi connectivity index (χ1v) is 7.20. The van der Waals surface area contributed by atoms with Gasteiger partial charge >= 0.3 is 0 Å². The van der Waals surface area contributed by atoms with Crippen LogP contribution in [0.25, 0.3) is 0 Å². The van der Waals surface area contributed by atoms with Gasteiger partial charge in [0.05, 0.1) is 24.8 Å². The van der Waals surface area contributed by atoms with Crippen molar-refractivity contribution in [2.24, 2.45) is 5.92 Å². The van der Waals surface area contributed by atoms with Gasteiger partial charge in [-0.1, -0.05) is 5.16 Å². The number of fused-ring (bicyclic) bond motifs is 1. The quantitative estimate of drug-likeness (QED) is 0.804. The number of aromatic nitrogens is 1. The lowest BCUT2D eigenvalue weighted by atomic mass is 10.0. The van der Waals surface area contributed by atoms with Gasteiger partial charge in [0, 0.05) is 38.7 Å². The molecule has 3 rings (SSSR count). The highest BCUT2D eigenvalue weighted by molar-refractivity contribution is 5.79. The van der Waals surface area contributed by atoms with Crippen LogP contribution < -0.4 is 0 Å². The average Bonchev–Trinajstić information content (AvgIpc) is 3.12. The van der Waals surface area contributed by atoms with E-state index in [0.717, 1.165) is 56.9 Å². The summed E-state index contributed by atoms with van der Waals surface area (Å²) in [5, 5.41) is 3.96.